The third-order valence-corrected chi connectivity index (χ3v) is 1.31. The van der Waals surface area contributed by atoms with Crippen LogP contribution in [0.15, 0.2) is 4.99 Å². The van der Waals surface area contributed by atoms with Crippen molar-refractivity contribution in [3.8, 4) is 0 Å². The summed E-state index contributed by atoms with van der Waals surface area (Å²) in [5.41, 5.74) is 0. The molecule has 0 radical (unpaired) electrons. The molecule has 0 aromatic rings. The van der Waals surface area contributed by atoms with E-state index in [2.05, 4.69) is 25.8 Å². The average molecular weight is 127 g/mol. The summed E-state index contributed by atoms with van der Waals surface area (Å²) in [5, 5.41) is 0. The smallest absolute Gasteiger partial charge is 0.186 e. The maximum Gasteiger partial charge on any atom is 0.186 e. The van der Waals surface area contributed by atoms with Crippen LogP contribution in [0, 0.1) is 5.92 Å². The summed E-state index contributed by atoms with van der Waals surface area (Å²) < 4.78 is 5.28. The minimum Gasteiger partial charge on any atom is -0.479 e. The van der Waals surface area contributed by atoms with Gasteiger partial charge in [-0.15, -0.1) is 0 Å². The normalized spacial score (nSPS) is 26.2. The fraction of sp³-hybridized carbons (Fsp3) is 0.857. The third kappa shape index (κ3) is 1.44. The Morgan fingerprint density at radius 1 is 1.67 bits per heavy atom. The number of rotatable bonds is 1. The lowest BCUT2D eigenvalue weighted by Crippen LogP contribution is -2.06. The first-order valence-electron chi connectivity index (χ1n) is 3.40. The lowest BCUT2D eigenvalue weighted by Gasteiger charge is -2.01. The van der Waals surface area contributed by atoms with Gasteiger partial charge in [-0.3, -0.25) is 0 Å². The van der Waals surface area contributed by atoms with Crippen molar-refractivity contribution in [3.05, 3.63) is 0 Å². The fourth-order valence-corrected chi connectivity index (χ4v) is 0.813. The Morgan fingerprint density at radius 2 is 2.33 bits per heavy atom. The minimum atomic E-state index is 0.377. The Hall–Kier alpha value is -0.530. The van der Waals surface area contributed by atoms with Gasteiger partial charge in [-0.05, 0) is 6.92 Å². The van der Waals surface area contributed by atoms with Crippen LogP contribution in [-0.4, -0.2) is 18.5 Å². The molecule has 1 heterocycles. The van der Waals surface area contributed by atoms with Crippen molar-refractivity contribution in [2.24, 2.45) is 10.9 Å². The highest BCUT2D eigenvalue weighted by atomic mass is 16.5. The van der Waals surface area contributed by atoms with E-state index in [0.717, 1.165) is 12.5 Å². The van der Waals surface area contributed by atoms with E-state index in [1.807, 2.05) is 0 Å². The summed E-state index contributed by atoms with van der Waals surface area (Å²) in [5.74, 6) is 1.37. The number of hydrogen-bond donors (Lipinski definition) is 0. The summed E-state index contributed by atoms with van der Waals surface area (Å²) in [6, 6.07) is 0.377. The average Bonchev–Trinajstić information content (AvgIpc) is 2.14. The lowest BCUT2D eigenvalue weighted by molar-refractivity contribution is 0.307. The predicted molar refractivity (Wildman–Crippen MR) is 37.7 cm³/mol. The zero-order chi connectivity index (χ0) is 6.85. The van der Waals surface area contributed by atoms with E-state index >= 15 is 0 Å². The maximum absolute atomic E-state index is 5.28. The molecular formula is C7H13NO. The van der Waals surface area contributed by atoms with Crippen LogP contribution < -0.4 is 0 Å². The molecule has 1 atom stereocenters. The molecular weight excluding hydrogens is 114 g/mol. The number of nitrogens with zero attached hydrogens (tertiary/aromatic N) is 1. The molecule has 1 aliphatic heterocycles. The Bertz CT molecular complexity index is 129. The van der Waals surface area contributed by atoms with E-state index in [0.29, 0.717) is 12.0 Å². The van der Waals surface area contributed by atoms with Gasteiger partial charge in [0.2, 0.25) is 0 Å². The fourth-order valence-electron chi connectivity index (χ4n) is 0.813. The molecule has 2 nitrogen and oxygen atoms in total. The van der Waals surface area contributed by atoms with Gasteiger partial charge in [0.25, 0.3) is 0 Å². The Labute approximate surface area is 55.9 Å². The van der Waals surface area contributed by atoms with Crippen molar-refractivity contribution in [1.29, 1.82) is 0 Å². The molecule has 0 spiro atoms. The highest BCUT2D eigenvalue weighted by Gasteiger charge is 2.16. The zero-order valence-electron chi connectivity index (χ0n) is 6.22. The summed E-state index contributed by atoms with van der Waals surface area (Å²) in [6.45, 7) is 7.02. The quantitative estimate of drug-likeness (QED) is 0.522. The molecule has 2 heteroatoms. The highest BCUT2D eigenvalue weighted by molar-refractivity contribution is 5.79. The second kappa shape index (κ2) is 2.38. The van der Waals surface area contributed by atoms with Crippen LogP contribution in [0.4, 0.5) is 0 Å². The summed E-state index contributed by atoms with van der Waals surface area (Å²) in [4.78, 5) is 4.28. The molecule has 0 aromatic heterocycles. The van der Waals surface area contributed by atoms with E-state index in [-0.39, 0.29) is 0 Å². The molecule has 9 heavy (non-hydrogen) atoms. The van der Waals surface area contributed by atoms with E-state index in [9.17, 15) is 0 Å². The van der Waals surface area contributed by atoms with Gasteiger partial charge >= 0.3 is 0 Å². The Balaban J connectivity index is 2.52. The molecule has 0 aliphatic carbocycles. The van der Waals surface area contributed by atoms with Gasteiger partial charge in [-0.1, -0.05) is 13.8 Å². The summed E-state index contributed by atoms with van der Waals surface area (Å²) in [7, 11) is 0. The standard InChI is InChI=1S/C7H13NO/c1-5(2)7-8-6(3)4-9-7/h5-6H,4H2,1-3H3/t6-/m0/s1. The van der Waals surface area contributed by atoms with Crippen molar-refractivity contribution in [2.45, 2.75) is 26.8 Å². The van der Waals surface area contributed by atoms with Crippen LogP contribution in [-0.2, 0) is 4.74 Å². The van der Waals surface area contributed by atoms with Crippen LogP contribution in [0.2, 0.25) is 0 Å². The van der Waals surface area contributed by atoms with Crippen LogP contribution in [0.1, 0.15) is 20.8 Å². The summed E-state index contributed by atoms with van der Waals surface area (Å²) >= 11 is 0. The molecule has 0 fully saturated rings. The SMILES string of the molecule is CC(C)C1=N[C@@H](C)CO1. The minimum absolute atomic E-state index is 0.377. The highest BCUT2D eigenvalue weighted by Crippen LogP contribution is 2.09. The van der Waals surface area contributed by atoms with E-state index < -0.39 is 0 Å². The van der Waals surface area contributed by atoms with Crippen LogP contribution in [0.3, 0.4) is 0 Å². The van der Waals surface area contributed by atoms with Crippen LogP contribution >= 0.6 is 0 Å². The monoisotopic (exact) mass is 127 g/mol. The van der Waals surface area contributed by atoms with Crippen molar-refractivity contribution in [1.82, 2.24) is 0 Å². The van der Waals surface area contributed by atoms with Crippen LogP contribution in [0.25, 0.3) is 0 Å². The Kier molecular flexibility index (Phi) is 1.74. The second-order valence-electron chi connectivity index (χ2n) is 2.78. The largest absolute Gasteiger partial charge is 0.479 e. The molecule has 0 saturated heterocycles. The molecule has 0 amide bonds. The van der Waals surface area contributed by atoms with Gasteiger partial charge in [0.05, 0.1) is 6.04 Å². The molecule has 52 valence electrons. The van der Waals surface area contributed by atoms with Gasteiger partial charge < -0.3 is 4.74 Å². The topological polar surface area (TPSA) is 21.6 Å². The number of ether oxygens (including phenoxy) is 1. The van der Waals surface area contributed by atoms with Gasteiger partial charge in [0, 0.05) is 5.92 Å². The molecule has 1 rings (SSSR count). The van der Waals surface area contributed by atoms with Crippen molar-refractivity contribution < 1.29 is 4.74 Å². The van der Waals surface area contributed by atoms with E-state index in [4.69, 9.17) is 4.74 Å². The van der Waals surface area contributed by atoms with Gasteiger partial charge in [-0.2, -0.15) is 0 Å². The first-order valence-corrected chi connectivity index (χ1v) is 3.40. The lowest BCUT2D eigenvalue weighted by atomic mass is 10.2. The first kappa shape index (κ1) is 6.59. The van der Waals surface area contributed by atoms with Crippen molar-refractivity contribution >= 4 is 5.90 Å². The predicted octanol–water partition coefficient (Wildman–Crippen LogP) is 1.46. The molecule has 0 aromatic carbocycles. The summed E-state index contributed by atoms with van der Waals surface area (Å²) in [6.07, 6.45) is 0. The van der Waals surface area contributed by atoms with Gasteiger partial charge in [-0.25, -0.2) is 4.99 Å². The van der Waals surface area contributed by atoms with Gasteiger partial charge in [0.1, 0.15) is 6.61 Å². The van der Waals surface area contributed by atoms with Crippen LogP contribution in [0.5, 0.6) is 0 Å². The van der Waals surface area contributed by atoms with E-state index in [1.54, 1.807) is 0 Å². The zero-order valence-corrected chi connectivity index (χ0v) is 6.22. The molecule has 1 aliphatic rings. The maximum atomic E-state index is 5.28. The Morgan fingerprint density at radius 3 is 2.56 bits per heavy atom. The van der Waals surface area contributed by atoms with Crippen molar-refractivity contribution in [3.63, 3.8) is 0 Å². The molecule has 0 bridgehead atoms. The third-order valence-electron chi connectivity index (χ3n) is 1.31. The van der Waals surface area contributed by atoms with E-state index in [1.165, 1.54) is 0 Å². The number of aliphatic imine (C=N–C) groups is 1. The number of hydrogen-bond acceptors (Lipinski definition) is 2. The molecule has 0 saturated carbocycles. The molecule has 0 unspecified atom stereocenters. The van der Waals surface area contributed by atoms with Gasteiger partial charge in [0.15, 0.2) is 5.90 Å². The van der Waals surface area contributed by atoms with Crippen molar-refractivity contribution in [2.75, 3.05) is 6.61 Å². The first-order chi connectivity index (χ1) is 4.20. The second-order valence-corrected chi connectivity index (χ2v) is 2.78. The molecule has 0 N–H and O–H groups in total.